The molecule has 0 fully saturated rings. The van der Waals surface area contributed by atoms with Crippen LogP contribution in [0.1, 0.15) is 18.4 Å². The number of aromatic nitrogens is 1. The molecule has 21 heavy (non-hydrogen) atoms. The Morgan fingerprint density at radius 1 is 1.14 bits per heavy atom. The average molecular weight is 300 g/mol. The van der Waals surface area contributed by atoms with Crippen molar-refractivity contribution in [3.8, 4) is 0 Å². The molecule has 0 spiro atoms. The highest BCUT2D eigenvalue weighted by atomic mass is 32.2. The number of carbonyl (C=O) groups is 1. The average Bonchev–Trinajstić information content (AvgIpc) is 2.54. The number of hydrogen-bond acceptors (Lipinski definition) is 3. The van der Waals surface area contributed by atoms with Crippen molar-refractivity contribution >= 4 is 17.7 Å². The highest BCUT2D eigenvalue weighted by Gasteiger charge is 2.01. The van der Waals surface area contributed by atoms with Gasteiger partial charge < -0.3 is 5.32 Å². The van der Waals surface area contributed by atoms with Gasteiger partial charge in [0, 0.05) is 30.3 Å². The summed E-state index contributed by atoms with van der Waals surface area (Å²) in [6, 6.07) is 14.2. The highest BCUT2D eigenvalue weighted by molar-refractivity contribution is 7.99. The van der Waals surface area contributed by atoms with E-state index in [4.69, 9.17) is 0 Å². The molecule has 110 valence electrons. The van der Waals surface area contributed by atoms with Crippen molar-refractivity contribution in [2.75, 3.05) is 12.3 Å². The quantitative estimate of drug-likeness (QED) is 0.601. The molecule has 0 saturated carbocycles. The lowest BCUT2D eigenvalue weighted by Crippen LogP contribution is -2.24. The number of carbonyl (C=O) groups excluding carboxylic acids is 1. The standard InChI is InChI=1S/C17H20N2OS/c20-17(10-9-15-6-4-11-18-14-15)19-12-5-13-21-16-7-2-1-3-8-16/h1-4,6-8,11,14H,5,9-10,12-13H2,(H,19,20). The summed E-state index contributed by atoms with van der Waals surface area (Å²) in [7, 11) is 0. The fourth-order valence-corrected chi connectivity index (χ4v) is 2.77. The van der Waals surface area contributed by atoms with Gasteiger partial charge in [0.25, 0.3) is 0 Å². The first-order valence-electron chi connectivity index (χ1n) is 7.18. The molecule has 1 N–H and O–H groups in total. The zero-order valence-corrected chi connectivity index (χ0v) is 12.8. The monoisotopic (exact) mass is 300 g/mol. The first kappa shape index (κ1) is 15.6. The second kappa shape index (κ2) is 9.19. The summed E-state index contributed by atoms with van der Waals surface area (Å²) in [5.41, 5.74) is 1.10. The first-order valence-corrected chi connectivity index (χ1v) is 8.16. The molecule has 0 atom stereocenters. The zero-order chi connectivity index (χ0) is 14.8. The molecule has 1 aromatic carbocycles. The van der Waals surface area contributed by atoms with Gasteiger partial charge in [-0.25, -0.2) is 0 Å². The zero-order valence-electron chi connectivity index (χ0n) is 12.0. The van der Waals surface area contributed by atoms with Crippen LogP contribution in [0.5, 0.6) is 0 Å². The van der Waals surface area contributed by atoms with Crippen LogP contribution in [-0.4, -0.2) is 23.2 Å². The molecule has 0 radical (unpaired) electrons. The molecule has 0 aliphatic heterocycles. The first-order chi connectivity index (χ1) is 10.3. The Balaban J connectivity index is 1.53. The summed E-state index contributed by atoms with van der Waals surface area (Å²) in [5, 5.41) is 2.97. The highest BCUT2D eigenvalue weighted by Crippen LogP contribution is 2.17. The molecular formula is C17H20N2OS. The Kier molecular flexibility index (Phi) is 6.81. The number of amides is 1. The van der Waals surface area contributed by atoms with Crippen LogP contribution >= 0.6 is 11.8 Å². The van der Waals surface area contributed by atoms with Crippen molar-refractivity contribution in [1.29, 1.82) is 0 Å². The van der Waals surface area contributed by atoms with Crippen molar-refractivity contribution in [2.45, 2.75) is 24.2 Å². The van der Waals surface area contributed by atoms with E-state index < -0.39 is 0 Å². The third kappa shape index (κ3) is 6.45. The summed E-state index contributed by atoms with van der Waals surface area (Å²) in [6.45, 7) is 0.742. The molecule has 0 bridgehead atoms. The summed E-state index contributed by atoms with van der Waals surface area (Å²) in [5.74, 6) is 1.14. The van der Waals surface area contributed by atoms with E-state index in [1.807, 2.05) is 48.3 Å². The van der Waals surface area contributed by atoms with Gasteiger partial charge in [0.2, 0.25) is 5.91 Å². The van der Waals surface area contributed by atoms with E-state index in [0.29, 0.717) is 6.42 Å². The second-order valence-corrected chi connectivity index (χ2v) is 5.89. The molecule has 0 aliphatic rings. The predicted molar refractivity (Wildman–Crippen MR) is 87.4 cm³/mol. The Bertz CT molecular complexity index is 531. The van der Waals surface area contributed by atoms with E-state index >= 15 is 0 Å². The Morgan fingerprint density at radius 3 is 2.76 bits per heavy atom. The maximum atomic E-state index is 11.7. The van der Waals surface area contributed by atoms with Gasteiger partial charge in [-0.05, 0) is 42.4 Å². The SMILES string of the molecule is O=C(CCc1cccnc1)NCCCSc1ccccc1. The molecule has 0 saturated heterocycles. The number of thioether (sulfide) groups is 1. The van der Waals surface area contributed by atoms with E-state index in [2.05, 4.69) is 22.4 Å². The maximum absolute atomic E-state index is 11.7. The molecule has 1 aromatic heterocycles. The van der Waals surface area contributed by atoms with Crippen LogP contribution in [0.4, 0.5) is 0 Å². The third-order valence-electron chi connectivity index (χ3n) is 3.02. The molecular weight excluding hydrogens is 280 g/mol. The maximum Gasteiger partial charge on any atom is 0.220 e. The molecule has 0 unspecified atom stereocenters. The second-order valence-electron chi connectivity index (χ2n) is 4.73. The smallest absolute Gasteiger partial charge is 0.220 e. The molecule has 2 rings (SSSR count). The summed E-state index contributed by atoms with van der Waals surface area (Å²) >= 11 is 1.82. The van der Waals surface area contributed by atoms with E-state index in [-0.39, 0.29) is 5.91 Å². The molecule has 1 heterocycles. The van der Waals surface area contributed by atoms with E-state index in [1.165, 1.54) is 4.90 Å². The van der Waals surface area contributed by atoms with E-state index in [0.717, 1.165) is 30.7 Å². The number of benzene rings is 1. The molecule has 3 nitrogen and oxygen atoms in total. The van der Waals surface area contributed by atoms with Crippen LogP contribution in [0.25, 0.3) is 0 Å². The lowest BCUT2D eigenvalue weighted by Gasteiger charge is -2.05. The summed E-state index contributed by atoms with van der Waals surface area (Å²) in [4.78, 5) is 17.0. The summed E-state index contributed by atoms with van der Waals surface area (Å²) < 4.78 is 0. The third-order valence-corrected chi connectivity index (χ3v) is 4.12. The Morgan fingerprint density at radius 2 is 2.00 bits per heavy atom. The minimum absolute atomic E-state index is 0.114. The molecule has 1 amide bonds. The number of nitrogens with one attached hydrogen (secondary N) is 1. The van der Waals surface area contributed by atoms with Crippen molar-refractivity contribution in [1.82, 2.24) is 10.3 Å². The van der Waals surface area contributed by atoms with Crippen molar-refractivity contribution in [2.24, 2.45) is 0 Å². The van der Waals surface area contributed by atoms with Gasteiger partial charge >= 0.3 is 0 Å². The Labute approximate surface area is 130 Å². The lowest BCUT2D eigenvalue weighted by molar-refractivity contribution is -0.121. The molecule has 2 aromatic rings. The number of pyridine rings is 1. The number of aryl methyl sites for hydroxylation is 1. The fraction of sp³-hybridized carbons (Fsp3) is 0.294. The van der Waals surface area contributed by atoms with Gasteiger partial charge in [-0.3, -0.25) is 9.78 Å². The summed E-state index contributed by atoms with van der Waals surface area (Å²) in [6.07, 6.45) is 5.81. The van der Waals surface area contributed by atoms with Gasteiger partial charge in [-0.2, -0.15) is 0 Å². The normalized spacial score (nSPS) is 10.3. The van der Waals surface area contributed by atoms with Crippen molar-refractivity contribution < 1.29 is 4.79 Å². The van der Waals surface area contributed by atoms with Gasteiger partial charge in [0.1, 0.15) is 0 Å². The van der Waals surface area contributed by atoms with Crippen LogP contribution < -0.4 is 5.32 Å². The molecule has 4 heteroatoms. The predicted octanol–water partition coefficient (Wildman–Crippen LogP) is 3.31. The number of hydrogen-bond donors (Lipinski definition) is 1. The lowest BCUT2D eigenvalue weighted by atomic mass is 10.1. The van der Waals surface area contributed by atoms with Gasteiger partial charge in [0.05, 0.1) is 0 Å². The van der Waals surface area contributed by atoms with E-state index in [1.54, 1.807) is 6.20 Å². The van der Waals surface area contributed by atoms with Crippen LogP contribution in [-0.2, 0) is 11.2 Å². The van der Waals surface area contributed by atoms with Gasteiger partial charge in [-0.1, -0.05) is 24.3 Å². The van der Waals surface area contributed by atoms with Crippen LogP contribution in [0.3, 0.4) is 0 Å². The minimum atomic E-state index is 0.114. The topological polar surface area (TPSA) is 42.0 Å². The van der Waals surface area contributed by atoms with Crippen molar-refractivity contribution in [3.63, 3.8) is 0 Å². The largest absolute Gasteiger partial charge is 0.356 e. The fourth-order valence-electron chi connectivity index (χ4n) is 1.90. The molecule has 0 aliphatic carbocycles. The van der Waals surface area contributed by atoms with Crippen LogP contribution in [0, 0.1) is 0 Å². The van der Waals surface area contributed by atoms with Crippen molar-refractivity contribution in [3.05, 3.63) is 60.4 Å². The van der Waals surface area contributed by atoms with E-state index in [9.17, 15) is 4.79 Å². The van der Waals surface area contributed by atoms with Crippen LogP contribution in [0.2, 0.25) is 0 Å². The van der Waals surface area contributed by atoms with Gasteiger partial charge in [0.15, 0.2) is 0 Å². The number of nitrogens with zero attached hydrogens (tertiary/aromatic N) is 1. The van der Waals surface area contributed by atoms with Crippen LogP contribution in [0.15, 0.2) is 59.8 Å². The number of rotatable bonds is 8. The Hall–Kier alpha value is -1.81. The minimum Gasteiger partial charge on any atom is -0.356 e. The van der Waals surface area contributed by atoms with Gasteiger partial charge in [-0.15, -0.1) is 11.8 Å².